The Kier molecular flexibility index (Phi) is 4.55. The minimum absolute atomic E-state index is 0.172. The summed E-state index contributed by atoms with van der Waals surface area (Å²) in [6.45, 7) is 0. The molecule has 2 aromatic rings. The second kappa shape index (κ2) is 6.95. The van der Waals surface area contributed by atoms with Gasteiger partial charge in [0.1, 0.15) is 11.5 Å². The number of primary amides is 1. The van der Waals surface area contributed by atoms with Gasteiger partial charge in [0.05, 0.1) is 5.71 Å². The van der Waals surface area contributed by atoms with Crippen molar-refractivity contribution < 1.29 is 18.8 Å². The van der Waals surface area contributed by atoms with Crippen LogP contribution >= 0.6 is 0 Å². The van der Waals surface area contributed by atoms with Gasteiger partial charge in [-0.25, -0.2) is 14.2 Å². The molecular formula is C16H14FN5O3. The molecule has 8 nitrogen and oxygen atoms in total. The molecule has 0 bridgehead atoms. The lowest BCUT2D eigenvalue weighted by Crippen LogP contribution is -2.52. The summed E-state index contributed by atoms with van der Waals surface area (Å²) in [4.78, 5) is 33.0. The zero-order chi connectivity index (χ0) is 17.8. The fourth-order valence-electron chi connectivity index (χ4n) is 2.27. The molecule has 3 rings (SSSR count). The number of hydrogen-bond donors (Lipinski definition) is 2. The third-order valence-corrected chi connectivity index (χ3v) is 3.49. The summed E-state index contributed by atoms with van der Waals surface area (Å²) in [7, 11) is 0. The third kappa shape index (κ3) is 3.55. The first-order valence-corrected chi connectivity index (χ1v) is 7.34. The number of para-hydroxylation sites is 1. The van der Waals surface area contributed by atoms with Crippen LogP contribution in [0.2, 0.25) is 0 Å². The average Bonchev–Trinajstić information content (AvgIpc) is 3.11. The molecule has 0 fully saturated rings. The van der Waals surface area contributed by atoms with Crippen LogP contribution in [0.5, 0.6) is 0 Å². The number of nitrogens with zero attached hydrogens (tertiary/aromatic N) is 3. The minimum atomic E-state index is -1.04. The van der Waals surface area contributed by atoms with Crippen molar-refractivity contribution in [2.75, 3.05) is 5.01 Å². The third-order valence-electron chi connectivity index (χ3n) is 3.49. The molecule has 0 radical (unpaired) electrons. The maximum Gasteiger partial charge on any atom is 0.338 e. The lowest BCUT2D eigenvalue weighted by Gasteiger charge is -2.22. The van der Waals surface area contributed by atoms with Crippen LogP contribution in [-0.2, 0) is 9.63 Å². The standard InChI is InChI=1S/C16H14FN5O3/c17-11-5-1-2-6-13(11)22(16(18)24)20-15(23)14-8-12(21-25-14)10-4-3-7-19-9-10/h1-7,9,14H,8H2,(H2,18,24)(H,20,23). The van der Waals surface area contributed by atoms with Crippen molar-refractivity contribution in [2.24, 2.45) is 10.9 Å². The number of carbonyl (C=O) groups excluding carboxylic acids is 2. The van der Waals surface area contributed by atoms with Crippen LogP contribution in [0, 0.1) is 5.82 Å². The van der Waals surface area contributed by atoms with Gasteiger partial charge in [-0.2, -0.15) is 0 Å². The topological polar surface area (TPSA) is 110 Å². The van der Waals surface area contributed by atoms with Crippen molar-refractivity contribution >= 4 is 23.3 Å². The number of hydrogen-bond acceptors (Lipinski definition) is 5. The largest absolute Gasteiger partial charge is 0.382 e. The Bertz CT molecular complexity index is 828. The molecule has 1 aliphatic heterocycles. The van der Waals surface area contributed by atoms with Gasteiger partial charge in [-0.1, -0.05) is 17.3 Å². The van der Waals surface area contributed by atoms with Gasteiger partial charge in [0, 0.05) is 24.4 Å². The smallest absolute Gasteiger partial charge is 0.338 e. The Labute approximate surface area is 142 Å². The SMILES string of the molecule is NC(=O)N(NC(=O)C1CC(c2cccnc2)=NO1)c1ccccc1F. The van der Waals surface area contributed by atoms with Gasteiger partial charge < -0.3 is 10.6 Å². The quantitative estimate of drug-likeness (QED) is 0.819. The van der Waals surface area contributed by atoms with Gasteiger partial charge in [0.2, 0.25) is 6.10 Å². The van der Waals surface area contributed by atoms with Gasteiger partial charge in [-0.15, -0.1) is 0 Å². The lowest BCUT2D eigenvalue weighted by atomic mass is 10.1. The van der Waals surface area contributed by atoms with E-state index in [1.165, 1.54) is 18.2 Å². The molecular weight excluding hydrogens is 329 g/mol. The van der Waals surface area contributed by atoms with Crippen molar-refractivity contribution in [3.05, 3.63) is 60.2 Å². The van der Waals surface area contributed by atoms with E-state index in [-0.39, 0.29) is 12.1 Å². The fourth-order valence-corrected chi connectivity index (χ4v) is 2.27. The first-order chi connectivity index (χ1) is 12.1. The Morgan fingerprint density at radius 1 is 1.28 bits per heavy atom. The summed E-state index contributed by atoms with van der Waals surface area (Å²) in [6.07, 6.45) is 2.42. The van der Waals surface area contributed by atoms with Crippen LogP contribution < -0.4 is 16.2 Å². The molecule has 0 saturated carbocycles. The Morgan fingerprint density at radius 2 is 2.08 bits per heavy atom. The molecule has 1 aromatic heterocycles. The number of anilines is 1. The maximum absolute atomic E-state index is 13.8. The van der Waals surface area contributed by atoms with Crippen LogP contribution in [0.1, 0.15) is 12.0 Å². The zero-order valence-corrected chi connectivity index (χ0v) is 12.9. The zero-order valence-electron chi connectivity index (χ0n) is 12.9. The van der Waals surface area contributed by atoms with Crippen molar-refractivity contribution in [2.45, 2.75) is 12.5 Å². The summed E-state index contributed by atoms with van der Waals surface area (Å²) in [5.74, 6) is -1.38. The second-order valence-electron chi connectivity index (χ2n) is 5.18. The molecule has 0 spiro atoms. The molecule has 3 amide bonds. The van der Waals surface area contributed by atoms with Crippen LogP contribution in [-0.4, -0.2) is 28.7 Å². The van der Waals surface area contributed by atoms with Crippen molar-refractivity contribution in [1.29, 1.82) is 0 Å². The van der Waals surface area contributed by atoms with E-state index < -0.39 is 23.9 Å². The molecule has 9 heteroatoms. The number of oxime groups is 1. The van der Waals surface area contributed by atoms with E-state index >= 15 is 0 Å². The molecule has 0 saturated heterocycles. The predicted molar refractivity (Wildman–Crippen MR) is 86.9 cm³/mol. The number of halogens is 1. The summed E-state index contributed by atoms with van der Waals surface area (Å²) < 4.78 is 13.8. The van der Waals surface area contributed by atoms with Crippen LogP contribution in [0.4, 0.5) is 14.9 Å². The summed E-state index contributed by atoms with van der Waals surface area (Å²) in [6, 6.07) is 7.90. The predicted octanol–water partition coefficient (Wildman–Crippen LogP) is 1.33. The van der Waals surface area contributed by atoms with E-state index in [9.17, 15) is 14.0 Å². The average molecular weight is 343 g/mol. The van der Waals surface area contributed by atoms with E-state index in [1.54, 1.807) is 24.5 Å². The summed E-state index contributed by atoms with van der Waals surface area (Å²) in [5, 5.41) is 4.49. The highest BCUT2D eigenvalue weighted by molar-refractivity contribution is 6.04. The monoisotopic (exact) mass is 343 g/mol. The van der Waals surface area contributed by atoms with Crippen LogP contribution in [0.3, 0.4) is 0 Å². The number of benzene rings is 1. The molecule has 1 aromatic carbocycles. The van der Waals surface area contributed by atoms with E-state index in [0.29, 0.717) is 10.7 Å². The molecule has 128 valence electrons. The fraction of sp³-hybridized carbons (Fsp3) is 0.125. The molecule has 0 aliphatic carbocycles. The van der Waals surface area contributed by atoms with Gasteiger partial charge in [-0.05, 0) is 24.3 Å². The van der Waals surface area contributed by atoms with Gasteiger partial charge >= 0.3 is 6.03 Å². The van der Waals surface area contributed by atoms with E-state index in [1.807, 2.05) is 0 Å². The van der Waals surface area contributed by atoms with Gasteiger partial charge in [0.25, 0.3) is 5.91 Å². The van der Waals surface area contributed by atoms with Gasteiger partial charge in [-0.3, -0.25) is 15.2 Å². The second-order valence-corrected chi connectivity index (χ2v) is 5.18. The number of amides is 3. The number of hydrazine groups is 1. The number of carbonyl (C=O) groups is 2. The Morgan fingerprint density at radius 3 is 2.76 bits per heavy atom. The highest BCUT2D eigenvalue weighted by atomic mass is 19.1. The Hall–Kier alpha value is -3.49. The van der Waals surface area contributed by atoms with Crippen LogP contribution in [0.15, 0.2) is 53.9 Å². The van der Waals surface area contributed by atoms with E-state index in [2.05, 4.69) is 15.6 Å². The first-order valence-electron chi connectivity index (χ1n) is 7.34. The molecule has 1 unspecified atom stereocenters. The summed E-state index contributed by atoms with van der Waals surface area (Å²) in [5.41, 5.74) is 8.58. The van der Waals surface area contributed by atoms with Crippen molar-refractivity contribution in [3.63, 3.8) is 0 Å². The van der Waals surface area contributed by atoms with E-state index in [4.69, 9.17) is 10.6 Å². The molecule has 1 aliphatic rings. The highest BCUT2D eigenvalue weighted by Crippen LogP contribution is 2.19. The van der Waals surface area contributed by atoms with Crippen LogP contribution in [0.25, 0.3) is 0 Å². The normalized spacial score (nSPS) is 15.9. The number of aromatic nitrogens is 1. The van der Waals surface area contributed by atoms with Crippen molar-refractivity contribution in [3.8, 4) is 0 Å². The van der Waals surface area contributed by atoms with Gasteiger partial charge in [0.15, 0.2) is 0 Å². The molecule has 3 N–H and O–H groups in total. The Balaban J connectivity index is 1.70. The number of nitrogens with one attached hydrogen (secondary N) is 1. The number of pyridine rings is 1. The minimum Gasteiger partial charge on any atom is -0.382 e. The molecule has 1 atom stereocenters. The number of nitrogens with two attached hydrogens (primary N) is 1. The molecule has 25 heavy (non-hydrogen) atoms. The number of rotatable bonds is 3. The highest BCUT2D eigenvalue weighted by Gasteiger charge is 2.31. The van der Waals surface area contributed by atoms with Crippen molar-refractivity contribution in [1.82, 2.24) is 10.4 Å². The summed E-state index contributed by atoms with van der Waals surface area (Å²) >= 11 is 0. The number of urea groups is 1. The molecule has 2 heterocycles. The lowest BCUT2D eigenvalue weighted by molar-refractivity contribution is -0.131. The maximum atomic E-state index is 13.8. The van der Waals surface area contributed by atoms with E-state index in [0.717, 1.165) is 11.6 Å². The first kappa shape index (κ1) is 16.4.